The Hall–Kier alpha value is -6.94. The van der Waals surface area contributed by atoms with E-state index in [4.69, 9.17) is 4.42 Å². The number of nitrogens with zero attached hydrogens (tertiary/aromatic N) is 1. The highest BCUT2D eigenvalue weighted by atomic mass is 28.3. The van der Waals surface area contributed by atoms with Crippen molar-refractivity contribution in [3.05, 3.63) is 224 Å². The second-order valence-corrected chi connectivity index (χ2v) is 17.9. The predicted molar refractivity (Wildman–Crippen MR) is 235 cm³/mol. The minimum atomic E-state index is -2.69. The third-order valence-electron chi connectivity index (χ3n) is 11.0. The van der Waals surface area contributed by atoms with E-state index in [1.54, 1.807) is 0 Å². The molecule has 10 aromatic rings. The summed E-state index contributed by atoms with van der Waals surface area (Å²) in [5, 5.41) is 9.87. The molecular weight excluding hydrogens is 683 g/mol. The zero-order valence-corrected chi connectivity index (χ0v) is 31.2. The summed E-state index contributed by atoms with van der Waals surface area (Å²) >= 11 is 0. The Morgan fingerprint density at radius 3 is 1.44 bits per heavy atom. The first kappa shape index (κ1) is 32.7. The Morgan fingerprint density at radius 2 is 0.836 bits per heavy atom. The van der Waals surface area contributed by atoms with Crippen LogP contribution in [-0.2, 0) is 0 Å². The summed E-state index contributed by atoms with van der Waals surface area (Å²) in [6.45, 7) is 0. The average Bonchev–Trinajstić information content (AvgIpc) is 3.65. The van der Waals surface area contributed by atoms with Crippen LogP contribution in [-0.4, -0.2) is 8.07 Å². The predicted octanol–water partition coefficient (Wildman–Crippen LogP) is 11.3. The van der Waals surface area contributed by atoms with Gasteiger partial charge in [-0.15, -0.1) is 0 Å². The molecule has 0 amide bonds. The minimum Gasteiger partial charge on any atom is -0.455 e. The van der Waals surface area contributed by atoms with Gasteiger partial charge in [-0.3, -0.25) is 0 Å². The van der Waals surface area contributed by atoms with Gasteiger partial charge in [0.15, 0.2) is 8.07 Å². The number of fused-ring (bicyclic) bond motifs is 5. The van der Waals surface area contributed by atoms with Crippen molar-refractivity contribution in [2.45, 2.75) is 0 Å². The SMILES string of the molecule is c1ccc(-c2ccc(N(c3ccc([Si](c4ccccc4)(c4ccccc4)c4ccccc4)cc3)c3cccc4ccc5c6ccccc6oc5c34)cc2)cc1. The minimum absolute atomic E-state index is 0.895. The highest BCUT2D eigenvalue weighted by molar-refractivity contribution is 7.19. The summed E-state index contributed by atoms with van der Waals surface area (Å²) in [6.07, 6.45) is 0. The van der Waals surface area contributed by atoms with Crippen LogP contribution in [0.15, 0.2) is 229 Å². The molecule has 0 aliphatic carbocycles. The third kappa shape index (κ3) is 5.56. The molecule has 0 N–H and O–H groups in total. The van der Waals surface area contributed by atoms with Gasteiger partial charge in [0.25, 0.3) is 0 Å². The maximum Gasteiger partial charge on any atom is 0.179 e. The van der Waals surface area contributed by atoms with E-state index < -0.39 is 8.07 Å². The lowest BCUT2D eigenvalue weighted by Crippen LogP contribution is -2.74. The van der Waals surface area contributed by atoms with E-state index >= 15 is 0 Å². The monoisotopic (exact) mass is 719 g/mol. The van der Waals surface area contributed by atoms with Gasteiger partial charge in [0, 0.05) is 27.5 Å². The number of benzene rings is 9. The van der Waals surface area contributed by atoms with E-state index in [9.17, 15) is 0 Å². The van der Waals surface area contributed by atoms with Gasteiger partial charge in [-0.25, -0.2) is 0 Å². The van der Waals surface area contributed by atoms with E-state index in [0.717, 1.165) is 49.8 Å². The van der Waals surface area contributed by atoms with Crippen molar-refractivity contribution in [3.63, 3.8) is 0 Å². The molecule has 1 aromatic heterocycles. The molecule has 0 aliphatic heterocycles. The molecule has 1 heterocycles. The van der Waals surface area contributed by atoms with Gasteiger partial charge in [0.05, 0.1) is 5.69 Å². The summed E-state index contributed by atoms with van der Waals surface area (Å²) in [7, 11) is -2.69. The summed E-state index contributed by atoms with van der Waals surface area (Å²) in [5.74, 6) is 0. The molecule has 55 heavy (non-hydrogen) atoms. The molecule has 0 aliphatic rings. The fraction of sp³-hybridized carbons (Fsp3) is 0. The molecule has 0 radical (unpaired) electrons. The van der Waals surface area contributed by atoms with Crippen molar-refractivity contribution >= 4 is 78.6 Å². The fourth-order valence-corrected chi connectivity index (χ4v) is 13.2. The first-order chi connectivity index (χ1) is 27.3. The lowest BCUT2D eigenvalue weighted by Gasteiger charge is -2.35. The standard InChI is InChI=1S/C52H37NOSi/c1-5-16-38(17-6-1)39-28-31-41(32-29-39)53(49-26-15-18-40-30-37-48-47-25-13-14-27-50(47)54-52(48)51(40)49)42-33-35-46(36-34-42)55(43-19-7-2-8-20-43,44-21-9-3-10-22-44)45-23-11-4-12-24-45/h1-37H. The van der Waals surface area contributed by atoms with E-state index in [0.29, 0.717) is 0 Å². The normalized spacial score (nSPS) is 11.6. The van der Waals surface area contributed by atoms with Gasteiger partial charge in [-0.05, 0) is 79.7 Å². The van der Waals surface area contributed by atoms with Gasteiger partial charge in [0.1, 0.15) is 11.2 Å². The maximum absolute atomic E-state index is 6.69. The zero-order chi connectivity index (χ0) is 36.6. The van der Waals surface area contributed by atoms with Crippen LogP contribution in [0.2, 0.25) is 0 Å². The van der Waals surface area contributed by atoms with Crippen LogP contribution in [0.5, 0.6) is 0 Å². The van der Waals surface area contributed by atoms with E-state index in [-0.39, 0.29) is 0 Å². The van der Waals surface area contributed by atoms with E-state index in [2.05, 4.69) is 223 Å². The summed E-state index contributed by atoms with van der Waals surface area (Å²) < 4.78 is 6.69. The van der Waals surface area contributed by atoms with Crippen molar-refractivity contribution in [3.8, 4) is 11.1 Å². The molecule has 0 bridgehead atoms. The van der Waals surface area contributed by atoms with Crippen LogP contribution in [0.4, 0.5) is 17.1 Å². The molecule has 0 atom stereocenters. The number of rotatable bonds is 8. The topological polar surface area (TPSA) is 16.4 Å². The molecule has 0 unspecified atom stereocenters. The zero-order valence-electron chi connectivity index (χ0n) is 30.2. The van der Waals surface area contributed by atoms with Gasteiger partial charge >= 0.3 is 0 Å². The molecular formula is C52H37NOSi. The molecule has 0 fully saturated rings. The maximum atomic E-state index is 6.69. The largest absolute Gasteiger partial charge is 0.455 e. The van der Waals surface area contributed by atoms with E-state index in [1.165, 1.54) is 31.9 Å². The number of para-hydroxylation sites is 1. The Labute approximate surface area is 322 Å². The highest BCUT2D eigenvalue weighted by Gasteiger charge is 2.41. The lowest BCUT2D eigenvalue weighted by atomic mass is 10.0. The molecule has 0 spiro atoms. The van der Waals surface area contributed by atoms with Crippen molar-refractivity contribution in [1.82, 2.24) is 0 Å². The Kier molecular flexibility index (Phi) is 8.20. The van der Waals surface area contributed by atoms with Crippen LogP contribution in [0.3, 0.4) is 0 Å². The van der Waals surface area contributed by atoms with Crippen LogP contribution in [0, 0.1) is 0 Å². The average molecular weight is 720 g/mol. The number of anilines is 3. The molecule has 2 nitrogen and oxygen atoms in total. The van der Waals surface area contributed by atoms with E-state index in [1.807, 2.05) is 6.07 Å². The van der Waals surface area contributed by atoms with Crippen molar-refractivity contribution < 1.29 is 4.42 Å². The van der Waals surface area contributed by atoms with Gasteiger partial charge in [-0.2, -0.15) is 0 Å². The Bertz CT molecular complexity index is 2790. The molecule has 260 valence electrons. The highest BCUT2D eigenvalue weighted by Crippen LogP contribution is 2.44. The second-order valence-electron chi connectivity index (χ2n) is 14.1. The molecule has 3 heteroatoms. The van der Waals surface area contributed by atoms with Crippen molar-refractivity contribution in [2.75, 3.05) is 4.90 Å². The lowest BCUT2D eigenvalue weighted by molar-refractivity contribution is 0.672. The third-order valence-corrected chi connectivity index (χ3v) is 15.8. The molecule has 9 aromatic carbocycles. The molecule has 0 saturated heterocycles. The number of hydrogen-bond donors (Lipinski definition) is 0. The molecule has 10 rings (SSSR count). The van der Waals surface area contributed by atoms with Gasteiger partial charge in [-0.1, -0.05) is 182 Å². The smallest absolute Gasteiger partial charge is 0.179 e. The summed E-state index contributed by atoms with van der Waals surface area (Å²) in [6, 6.07) is 81.5. The first-order valence-electron chi connectivity index (χ1n) is 18.8. The van der Waals surface area contributed by atoms with Crippen LogP contribution in [0.25, 0.3) is 43.8 Å². The Balaban J connectivity index is 1.20. The Morgan fingerprint density at radius 1 is 0.345 bits per heavy atom. The van der Waals surface area contributed by atoms with Crippen LogP contribution in [0.1, 0.15) is 0 Å². The van der Waals surface area contributed by atoms with Crippen molar-refractivity contribution in [2.24, 2.45) is 0 Å². The van der Waals surface area contributed by atoms with Gasteiger partial charge < -0.3 is 9.32 Å². The quantitative estimate of drug-likeness (QED) is 0.115. The number of hydrogen-bond acceptors (Lipinski definition) is 2. The van der Waals surface area contributed by atoms with Gasteiger partial charge in [0.2, 0.25) is 0 Å². The molecule has 0 saturated carbocycles. The second kappa shape index (κ2) is 13.8. The summed E-state index contributed by atoms with van der Waals surface area (Å²) in [4.78, 5) is 2.39. The summed E-state index contributed by atoms with van der Waals surface area (Å²) in [5.41, 5.74) is 7.40. The fourth-order valence-electron chi connectivity index (χ4n) is 8.51. The number of furan rings is 1. The van der Waals surface area contributed by atoms with Crippen LogP contribution >= 0.6 is 0 Å². The first-order valence-corrected chi connectivity index (χ1v) is 20.8. The van der Waals surface area contributed by atoms with Crippen molar-refractivity contribution in [1.29, 1.82) is 0 Å². The van der Waals surface area contributed by atoms with Crippen LogP contribution < -0.4 is 25.6 Å².